The fourth-order valence-electron chi connectivity index (χ4n) is 2.90. The Bertz CT molecular complexity index is 923. The molecule has 0 atom stereocenters. The van der Waals surface area contributed by atoms with E-state index in [2.05, 4.69) is 5.32 Å². The summed E-state index contributed by atoms with van der Waals surface area (Å²) in [7, 11) is 0.515. The lowest BCUT2D eigenvalue weighted by molar-refractivity contribution is 0.102. The van der Waals surface area contributed by atoms with E-state index >= 15 is 0 Å². The van der Waals surface area contributed by atoms with Gasteiger partial charge in [0.25, 0.3) is 5.91 Å². The molecule has 132 valence electrons. The van der Waals surface area contributed by atoms with E-state index in [9.17, 15) is 13.2 Å². The van der Waals surface area contributed by atoms with E-state index in [4.69, 9.17) is 0 Å². The monoisotopic (exact) mass is 359 g/mol. The summed E-state index contributed by atoms with van der Waals surface area (Å²) in [5.41, 5.74) is 3.67. The lowest BCUT2D eigenvalue weighted by Crippen LogP contribution is -2.27. The van der Waals surface area contributed by atoms with Crippen LogP contribution in [0.25, 0.3) is 0 Å². The number of benzene rings is 2. The van der Waals surface area contributed by atoms with Crippen LogP contribution >= 0.6 is 0 Å². The minimum atomic E-state index is -3.31. The van der Waals surface area contributed by atoms with Crippen molar-refractivity contribution in [3.63, 3.8) is 0 Å². The Morgan fingerprint density at radius 3 is 2.60 bits per heavy atom. The van der Waals surface area contributed by atoms with Gasteiger partial charge in [0.15, 0.2) is 0 Å². The number of hydrogen-bond acceptors (Lipinski definition) is 4. The molecule has 0 bridgehead atoms. The van der Waals surface area contributed by atoms with Crippen molar-refractivity contribution in [3.05, 3.63) is 53.6 Å². The molecule has 7 heteroatoms. The standard InChI is InChI=1S/C18H21N3O3S/c1-20(2)16-6-4-5-14(11-16)18(22)19-15-8-7-13-9-10-21(17(13)12-15)25(3,23)24/h4-8,11-12H,9-10H2,1-3H3,(H,19,22). The number of nitrogens with one attached hydrogen (secondary N) is 1. The Balaban J connectivity index is 1.85. The molecule has 6 nitrogen and oxygen atoms in total. The van der Waals surface area contributed by atoms with Crippen molar-refractivity contribution in [2.24, 2.45) is 0 Å². The molecule has 0 saturated heterocycles. The summed E-state index contributed by atoms with van der Waals surface area (Å²) in [5.74, 6) is -0.229. The molecular formula is C18H21N3O3S. The van der Waals surface area contributed by atoms with Crippen LogP contribution in [0.1, 0.15) is 15.9 Å². The second kappa shape index (κ2) is 6.40. The van der Waals surface area contributed by atoms with Crippen LogP contribution in [0, 0.1) is 0 Å². The third kappa shape index (κ3) is 3.61. The lowest BCUT2D eigenvalue weighted by atomic mass is 10.1. The molecule has 3 rings (SSSR count). The highest BCUT2D eigenvalue weighted by Gasteiger charge is 2.26. The number of fused-ring (bicyclic) bond motifs is 1. The number of carbonyl (C=O) groups is 1. The first kappa shape index (κ1) is 17.3. The molecule has 1 aliphatic heterocycles. The van der Waals surface area contributed by atoms with Crippen LogP contribution in [0.4, 0.5) is 17.1 Å². The van der Waals surface area contributed by atoms with Gasteiger partial charge in [0.2, 0.25) is 10.0 Å². The summed E-state index contributed by atoms with van der Waals surface area (Å²) in [4.78, 5) is 14.4. The number of anilines is 3. The van der Waals surface area contributed by atoms with Crippen molar-refractivity contribution < 1.29 is 13.2 Å². The molecule has 2 aromatic rings. The number of carbonyl (C=O) groups excluding carboxylic acids is 1. The van der Waals surface area contributed by atoms with Gasteiger partial charge in [0, 0.05) is 37.6 Å². The predicted octanol–water partition coefficient (Wildman–Crippen LogP) is 2.33. The number of rotatable bonds is 4. The molecule has 0 aliphatic carbocycles. The van der Waals surface area contributed by atoms with Crippen molar-refractivity contribution in [3.8, 4) is 0 Å². The van der Waals surface area contributed by atoms with Gasteiger partial charge in [-0.1, -0.05) is 12.1 Å². The average Bonchev–Trinajstić information content (AvgIpc) is 2.98. The minimum Gasteiger partial charge on any atom is -0.378 e. The second-order valence-electron chi connectivity index (χ2n) is 6.33. The van der Waals surface area contributed by atoms with E-state index in [1.807, 2.05) is 43.3 Å². The van der Waals surface area contributed by atoms with Gasteiger partial charge in [-0.3, -0.25) is 9.10 Å². The first-order valence-electron chi connectivity index (χ1n) is 7.95. The number of hydrogen-bond donors (Lipinski definition) is 1. The molecule has 0 fully saturated rings. The maximum atomic E-state index is 12.5. The molecule has 0 radical (unpaired) electrons. The third-order valence-electron chi connectivity index (χ3n) is 4.22. The summed E-state index contributed by atoms with van der Waals surface area (Å²) in [6.45, 7) is 0.441. The maximum absolute atomic E-state index is 12.5. The van der Waals surface area contributed by atoms with Crippen LogP contribution in [0.5, 0.6) is 0 Å². The quantitative estimate of drug-likeness (QED) is 0.910. The largest absolute Gasteiger partial charge is 0.378 e. The van der Waals surface area contributed by atoms with Gasteiger partial charge in [-0.05, 0) is 42.3 Å². The van der Waals surface area contributed by atoms with Gasteiger partial charge in [0.05, 0.1) is 11.9 Å². The van der Waals surface area contributed by atoms with E-state index in [-0.39, 0.29) is 5.91 Å². The SMILES string of the molecule is CN(C)c1cccc(C(=O)Nc2ccc3c(c2)N(S(C)(=O)=O)CC3)c1. The molecule has 0 unspecified atom stereocenters. The number of nitrogens with zero attached hydrogens (tertiary/aromatic N) is 2. The van der Waals surface area contributed by atoms with Crippen LogP contribution in [-0.2, 0) is 16.4 Å². The van der Waals surface area contributed by atoms with Gasteiger partial charge >= 0.3 is 0 Å². The van der Waals surface area contributed by atoms with Crippen LogP contribution in [-0.4, -0.2) is 41.2 Å². The smallest absolute Gasteiger partial charge is 0.255 e. The van der Waals surface area contributed by atoms with E-state index in [0.717, 1.165) is 11.3 Å². The topological polar surface area (TPSA) is 69.7 Å². The van der Waals surface area contributed by atoms with Crippen LogP contribution in [0.15, 0.2) is 42.5 Å². The molecule has 1 N–H and O–H groups in total. The minimum absolute atomic E-state index is 0.229. The summed E-state index contributed by atoms with van der Waals surface area (Å²) in [6, 6.07) is 12.7. The van der Waals surface area contributed by atoms with Crippen molar-refractivity contribution in [2.45, 2.75) is 6.42 Å². The van der Waals surface area contributed by atoms with E-state index in [1.165, 1.54) is 10.6 Å². The summed E-state index contributed by atoms with van der Waals surface area (Å²) < 4.78 is 25.2. The average molecular weight is 359 g/mol. The highest BCUT2D eigenvalue weighted by atomic mass is 32.2. The van der Waals surface area contributed by atoms with Gasteiger partial charge in [-0.2, -0.15) is 0 Å². The highest BCUT2D eigenvalue weighted by Crippen LogP contribution is 2.32. The summed E-state index contributed by atoms with van der Waals surface area (Å²) in [6.07, 6.45) is 1.88. The second-order valence-corrected chi connectivity index (χ2v) is 8.23. The van der Waals surface area contributed by atoms with E-state index < -0.39 is 10.0 Å². The Kier molecular flexibility index (Phi) is 4.43. The first-order chi connectivity index (χ1) is 11.8. The van der Waals surface area contributed by atoms with Crippen molar-refractivity contribution in [2.75, 3.05) is 41.4 Å². The molecule has 0 spiro atoms. The molecule has 1 aliphatic rings. The maximum Gasteiger partial charge on any atom is 0.255 e. The summed E-state index contributed by atoms with van der Waals surface area (Å²) in [5, 5.41) is 2.85. The summed E-state index contributed by atoms with van der Waals surface area (Å²) >= 11 is 0. The normalized spacial score (nSPS) is 13.5. The first-order valence-corrected chi connectivity index (χ1v) is 9.80. The zero-order valence-electron chi connectivity index (χ0n) is 14.5. The fraction of sp³-hybridized carbons (Fsp3) is 0.278. The Labute approximate surface area is 148 Å². The third-order valence-corrected chi connectivity index (χ3v) is 5.40. The molecule has 25 heavy (non-hydrogen) atoms. The van der Waals surface area contributed by atoms with Gasteiger partial charge < -0.3 is 10.2 Å². The van der Waals surface area contributed by atoms with E-state index in [0.29, 0.717) is 29.9 Å². The molecule has 2 aromatic carbocycles. The van der Waals surface area contributed by atoms with Gasteiger partial charge in [-0.25, -0.2) is 8.42 Å². The zero-order valence-corrected chi connectivity index (χ0v) is 15.3. The van der Waals surface area contributed by atoms with E-state index in [1.54, 1.807) is 18.2 Å². The Morgan fingerprint density at radius 1 is 1.16 bits per heavy atom. The predicted molar refractivity (Wildman–Crippen MR) is 101 cm³/mol. The Hall–Kier alpha value is -2.54. The van der Waals surface area contributed by atoms with Crippen LogP contribution < -0.4 is 14.5 Å². The highest BCUT2D eigenvalue weighted by molar-refractivity contribution is 7.92. The van der Waals surface area contributed by atoms with Gasteiger partial charge in [-0.15, -0.1) is 0 Å². The zero-order chi connectivity index (χ0) is 18.2. The van der Waals surface area contributed by atoms with Crippen LogP contribution in [0.2, 0.25) is 0 Å². The van der Waals surface area contributed by atoms with Crippen molar-refractivity contribution in [1.29, 1.82) is 0 Å². The molecule has 0 saturated carbocycles. The number of amides is 1. The van der Waals surface area contributed by atoms with Crippen molar-refractivity contribution >= 4 is 33.0 Å². The fourth-order valence-corrected chi connectivity index (χ4v) is 3.85. The van der Waals surface area contributed by atoms with Crippen molar-refractivity contribution in [1.82, 2.24) is 0 Å². The van der Waals surface area contributed by atoms with Gasteiger partial charge in [0.1, 0.15) is 0 Å². The molecule has 0 aromatic heterocycles. The Morgan fingerprint density at radius 2 is 1.92 bits per heavy atom. The molecule has 1 heterocycles. The molecular weight excluding hydrogens is 338 g/mol. The number of sulfonamides is 1. The van der Waals surface area contributed by atoms with Crippen LogP contribution in [0.3, 0.4) is 0 Å². The lowest BCUT2D eigenvalue weighted by Gasteiger charge is -2.17. The molecule has 1 amide bonds.